The number of allylic oxidation sites excluding steroid dienone is 1. The second kappa shape index (κ2) is 5.26. The van der Waals surface area contributed by atoms with Crippen molar-refractivity contribution in [1.29, 1.82) is 0 Å². The molecular weight excluding hydrogens is 244 g/mol. The maximum atomic E-state index is 11.9. The Morgan fingerprint density at radius 1 is 1.05 bits per heavy atom. The van der Waals surface area contributed by atoms with Gasteiger partial charge in [-0.25, -0.2) is 0 Å². The molecule has 0 saturated carbocycles. The molecule has 0 bridgehead atoms. The van der Waals surface area contributed by atoms with Crippen LogP contribution >= 0.6 is 0 Å². The lowest BCUT2D eigenvalue weighted by Gasteiger charge is -2.20. The summed E-state index contributed by atoms with van der Waals surface area (Å²) in [6, 6.07) is 9.68. The van der Waals surface area contributed by atoms with Crippen LogP contribution in [0, 0.1) is 5.41 Å². The average Bonchev–Trinajstić information content (AvgIpc) is 2.93. The molecular formula is C15H16O4. The van der Waals surface area contributed by atoms with Crippen LogP contribution in [0.25, 0.3) is 5.57 Å². The van der Waals surface area contributed by atoms with E-state index in [1.807, 2.05) is 30.3 Å². The number of hydrogen-bond acceptors (Lipinski definition) is 4. The predicted molar refractivity (Wildman–Crippen MR) is 70.1 cm³/mol. The maximum Gasteiger partial charge on any atom is 0.327 e. The monoisotopic (exact) mass is 260 g/mol. The molecule has 0 aliphatic heterocycles. The van der Waals surface area contributed by atoms with Crippen molar-refractivity contribution >= 4 is 17.5 Å². The molecule has 4 nitrogen and oxygen atoms in total. The lowest BCUT2D eigenvalue weighted by molar-refractivity contribution is -0.165. The highest BCUT2D eigenvalue weighted by atomic mass is 16.5. The molecule has 1 aromatic carbocycles. The molecule has 0 spiro atoms. The Labute approximate surface area is 112 Å². The Balaban J connectivity index is 2.41. The Morgan fingerprint density at radius 3 is 2.16 bits per heavy atom. The van der Waals surface area contributed by atoms with Crippen LogP contribution in [0.15, 0.2) is 36.4 Å². The first-order valence-electron chi connectivity index (χ1n) is 6.08. The number of rotatable bonds is 3. The molecule has 0 fully saturated rings. The summed E-state index contributed by atoms with van der Waals surface area (Å²) >= 11 is 0. The third kappa shape index (κ3) is 2.26. The molecule has 100 valence electrons. The first kappa shape index (κ1) is 13.3. The Bertz CT molecular complexity index is 500. The van der Waals surface area contributed by atoms with Crippen LogP contribution in [0.3, 0.4) is 0 Å². The molecule has 1 aliphatic carbocycles. The van der Waals surface area contributed by atoms with Gasteiger partial charge in [0.05, 0.1) is 14.2 Å². The van der Waals surface area contributed by atoms with E-state index in [1.165, 1.54) is 14.2 Å². The molecule has 0 saturated heterocycles. The molecule has 0 atom stereocenters. The fraction of sp³-hybridized carbons (Fsp3) is 0.333. The molecule has 19 heavy (non-hydrogen) atoms. The number of ether oxygens (including phenoxy) is 2. The van der Waals surface area contributed by atoms with E-state index in [0.717, 1.165) is 11.1 Å². The third-order valence-electron chi connectivity index (χ3n) is 3.45. The zero-order valence-electron chi connectivity index (χ0n) is 11.0. The summed E-state index contributed by atoms with van der Waals surface area (Å²) in [7, 11) is 2.56. The first-order chi connectivity index (χ1) is 9.14. The van der Waals surface area contributed by atoms with Crippen molar-refractivity contribution in [3.8, 4) is 0 Å². The minimum atomic E-state index is -1.30. The second-order valence-corrected chi connectivity index (χ2v) is 4.49. The van der Waals surface area contributed by atoms with Crippen molar-refractivity contribution in [3.63, 3.8) is 0 Å². The van der Waals surface area contributed by atoms with Crippen LogP contribution in [0.5, 0.6) is 0 Å². The van der Waals surface area contributed by atoms with E-state index in [1.54, 1.807) is 6.08 Å². The highest BCUT2D eigenvalue weighted by Gasteiger charge is 2.49. The first-order valence-corrected chi connectivity index (χ1v) is 6.08. The van der Waals surface area contributed by atoms with Crippen LogP contribution in [-0.4, -0.2) is 26.2 Å². The number of carbonyl (C=O) groups excluding carboxylic acids is 2. The van der Waals surface area contributed by atoms with E-state index in [-0.39, 0.29) is 0 Å². The summed E-state index contributed by atoms with van der Waals surface area (Å²) in [5.74, 6) is -1.13. The van der Waals surface area contributed by atoms with E-state index in [0.29, 0.717) is 12.8 Å². The molecule has 0 heterocycles. The van der Waals surface area contributed by atoms with Gasteiger partial charge in [-0.05, 0) is 24.0 Å². The van der Waals surface area contributed by atoms with Crippen LogP contribution in [0.1, 0.15) is 18.4 Å². The van der Waals surface area contributed by atoms with Crippen molar-refractivity contribution < 1.29 is 19.1 Å². The van der Waals surface area contributed by atoms with Gasteiger partial charge in [-0.1, -0.05) is 36.4 Å². The predicted octanol–water partition coefficient (Wildman–Crippen LogP) is 2.20. The van der Waals surface area contributed by atoms with Gasteiger partial charge in [0.15, 0.2) is 5.41 Å². The summed E-state index contributed by atoms with van der Waals surface area (Å²) < 4.78 is 9.52. The lowest BCUT2D eigenvalue weighted by Crippen LogP contribution is -2.37. The maximum absolute atomic E-state index is 11.9. The quantitative estimate of drug-likeness (QED) is 0.617. The van der Waals surface area contributed by atoms with Crippen molar-refractivity contribution in [2.45, 2.75) is 12.8 Å². The van der Waals surface area contributed by atoms with Crippen LogP contribution in [-0.2, 0) is 19.1 Å². The molecule has 2 rings (SSSR count). The lowest BCUT2D eigenvalue weighted by atomic mass is 9.88. The van der Waals surface area contributed by atoms with Gasteiger partial charge >= 0.3 is 11.9 Å². The molecule has 0 aromatic heterocycles. The van der Waals surface area contributed by atoms with Gasteiger partial charge in [-0.15, -0.1) is 0 Å². The number of carbonyl (C=O) groups is 2. The van der Waals surface area contributed by atoms with Crippen LogP contribution in [0.4, 0.5) is 0 Å². The van der Waals surface area contributed by atoms with Crippen molar-refractivity contribution in [3.05, 3.63) is 42.0 Å². The Hall–Kier alpha value is -2.10. The van der Waals surface area contributed by atoms with Crippen molar-refractivity contribution in [2.75, 3.05) is 14.2 Å². The molecule has 0 radical (unpaired) electrons. The fourth-order valence-corrected chi connectivity index (χ4v) is 2.42. The molecule has 0 unspecified atom stereocenters. The van der Waals surface area contributed by atoms with Gasteiger partial charge in [0.2, 0.25) is 0 Å². The largest absolute Gasteiger partial charge is 0.468 e. The van der Waals surface area contributed by atoms with Gasteiger partial charge in [0.1, 0.15) is 0 Å². The topological polar surface area (TPSA) is 52.6 Å². The van der Waals surface area contributed by atoms with E-state index < -0.39 is 17.4 Å². The molecule has 1 aromatic rings. The van der Waals surface area contributed by atoms with Crippen molar-refractivity contribution in [1.82, 2.24) is 0 Å². The number of methoxy groups -OCH3 is 2. The highest BCUT2D eigenvalue weighted by molar-refractivity contribution is 6.05. The molecule has 4 heteroatoms. The van der Waals surface area contributed by atoms with Gasteiger partial charge in [0, 0.05) is 0 Å². The number of esters is 2. The average molecular weight is 260 g/mol. The van der Waals surface area contributed by atoms with Gasteiger partial charge in [-0.2, -0.15) is 0 Å². The van der Waals surface area contributed by atoms with Crippen molar-refractivity contribution in [2.24, 2.45) is 5.41 Å². The second-order valence-electron chi connectivity index (χ2n) is 4.49. The third-order valence-corrected chi connectivity index (χ3v) is 3.45. The van der Waals surface area contributed by atoms with Gasteiger partial charge < -0.3 is 9.47 Å². The fourth-order valence-electron chi connectivity index (χ4n) is 2.42. The molecule has 0 amide bonds. The Kier molecular flexibility index (Phi) is 3.69. The summed E-state index contributed by atoms with van der Waals surface area (Å²) in [5.41, 5.74) is 0.683. The summed E-state index contributed by atoms with van der Waals surface area (Å²) in [6.07, 6.45) is 2.71. The number of hydrogen-bond donors (Lipinski definition) is 0. The van der Waals surface area contributed by atoms with E-state index >= 15 is 0 Å². The minimum Gasteiger partial charge on any atom is -0.468 e. The molecule has 0 N–H and O–H groups in total. The van der Waals surface area contributed by atoms with Crippen LogP contribution < -0.4 is 0 Å². The number of benzene rings is 1. The summed E-state index contributed by atoms with van der Waals surface area (Å²) in [6.45, 7) is 0. The summed E-state index contributed by atoms with van der Waals surface area (Å²) in [4.78, 5) is 23.9. The minimum absolute atomic E-state index is 0.385. The van der Waals surface area contributed by atoms with E-state index in [2.05, 4.69) is 0 Å². The molecule has 1 aliphatic rings. The van der Waals surface area contributed by atoms with E-state index in [9.17, 15) is 9.59 Å². The smallest absolute Gasteiger partial charge is 0.327 e. The van der Waals surface area contributed by atoms with Gasteiger partial charge in [-0.3, -0.25) is 9.59 Å². The van der Waals surface area contributed by atoms with Crippen LogP contribution in [0.2, 0.25) is 0 Å². The normalized spacial score (nSPS) is 16.6. The summed E-state index contributed by atoms with van der Waals surface area (Å²) in [5, 5.41) is 0. The highest BCUT2D eigenvalue weighted by Crippen LogP contribution is 2.42. The van der Waals surface area contributed by atoms with Gasteiger partial charge in [0.25, 0.3) is 0 Å². The SMILES string of the molecule is COC(=O)C1(C(=O)OC)C=C(c2ccccc2)CC1. The van der Waals surface area contributed by atoms with E-state index in [4.69, 9.17) is 9.47 Å². The zero-order chi connectivity index (χ0) is 13.9. The standard InChI is InChI=1S/C15H16O4/c1-18-13(16)15(14(17)19-2)9-8-12(10-15)11-6-4-3-5-7-11/h3-7,10H,8-9H2,1-2H3. The Morgan fingerprint density at radius 2 is 1.63 bits per heavy atom. The zero-order valence-corrected chi connectivity index (χ0v) is 11.0.